The number of hydrogen-bond acceptors (Lipinski definition) is 7. The number of nitro benzene ring substituents is 1. The first-order valence-electron chi connectivity index (χ1n) is 12.2. The molecule has 0 aromatic heterocycles. The van der Waals surface area contributed by atoms with E-state index in [1.54, 1.807) is 27.7 Å². The number of nitro groups is 1. The number of carbonyl (C=O) groups excluding carboxylic acids is 1. The summed E-state index contributed by atoms with van der Waals surface area (Å²) in [5.74, 6) is -2.78. The van der Waals surface area contributed by atoms with Crippen LogP contribution in [0.3, 0.4) is 0 Å². The fourth-order valence-electron chi connectivity index (χ4n) is 4.63. The molecule has 1 amide bonds. The fourth-order valence-corrected chi connectivity index (χ4v) is 4.63. The van der Waals surface area contributed by atoms with E-state index in [2.05, 4.69) is 6.07 Å². The maximum Gasteiger partial charge on any atom is 0.410 e. The SMILES string of the molecule is Cc1cc([N+](=O)[O-])cc(N2CCC(CCOC3CN(C(=O)OC(C)(C)C)CCC3(F)F)CC2)c1C#N. The van der Waals surface area contributed by atoms with E-state index in [9.17, 15) is 29.0 Å². The van der Waals surface area contributed by atoms with Crippen molar-refractivity contribution in [2.45, 2.75) is 71.0 Å². The highest BCUT2D eigenvalue weighted by molar-refractivity contribution is 5.68. The average molecular weight is 509 g/mol. The first kappa shape index (κ1) is 27.6. The van der Waals surface area contributed by atoms with Gasteiger partial charge in [0.25, 0.3) is 11.6 Å². The molecule has 1 atom stereocenters. The Morgan fingerprint density at radius 3 is 2.53 bits per heavy atom. The zero-order valence-corrected chi connectivity index (χ0v) is 21.3. The third-order valence-corrected chi connectivity index (χ3v) is 6.65. The minimum absolute atomic E-state index is 0.0501. The molecular weight excluding hydrogens is 474 g/mol. The molecule has 1 aromatic carbocycles. The molecule has 0 bridgehead atoms. The van der Waals surface area contributed by atoms with Crippen LogP contribution in [0, 0.1) is 34.3 Å². The predicted octanol–water partition coefficient (Wildman–Crippen LogP) is 5.04. The number of aryl methyl sites for hydroxylation is 1. The normalized spacial score (nSPS) is 20.6. The van der Waals surface area contributed by atoms with Crippen molar-refractivity contribution in [3.63, 3.8) is 0 Å². The summed E-state index contributed by atoms with van der Waals surface area (Å²) in [6.45, 7) is 7.91. The molecule has 0 radical (unpaired) electrons. The van der Waals surface area contributed by atoms with Crippen molar-refractivity contribution in [3.05, 3.63) is 33.4 Å². The van der Waals surface area contributed by atoms with Crippen LogP contribution in [0.2, 0.25) is 0 Å². The van der Waals surface area contributed by atoms with Gasteiger partial charge in [0.15, 0.2) is 0 Å². The lowest BCUT2D eigenvalue weighted by molar-refractivity contribution is -0.384. The zero-order valence-electron chi connectivity index (χ0n) is 21.3. The molecule has 2 aliphatic heterocycles. The Balaban J connectivity index is 1.53. The van der Waals surface area contributed by atoms with Crippen LogP contribution in [0.4, 0.5) is 25.0 Å². The van der Waals surface area contributed by atoms with Gasteiger partial charge in [-0.2, -0.15) is 5.26 Å². The number of nitriles is 1. The fraction of sp³-hybridized carbons (Fsp3) is 0.680. The summed E-state index contributed by atoms with van der Waals surface area (Å²) in [5, 5.41) is 20.8. The third kappa shape index (κ3) is 6.81. The number of nitrogens with zero attached hydrogens (tertiary/aromatic N) is 4. The number of amides is 1. The predicted molar refractivity (Wildman–Crippen MR) is 129 cm³/mol. The monoisotopic (exact) mass is 508 g/mol. The molecule has 2 aliphatic rings. The molecule has 0 saturated carbocycles. The first-order valence-corrected chi connectivity index (χ1v) is 12.2. The number of carbonyl (C=O) groups is 1. The lowest BCUT2D eigenvalue weighted by atomic mass is 9.92. The number of rotatable bonds is 6. The molecule has 1 unspecified atom stereocenters. The van der Waals surface area contributed by atoms with Gasteiger partial charge < -0.3 is 19.3 Å². The summed E-state index contributed by atoms with van der Waals surface area (Å²) in [5.41, 5.74) is 0.788. The Hall–Kier alpha value is -3.00. The van der Waals surface area contributed by atoms with Crippen molar-refractivity contribution in [3.8, 4) is 6.07 Å². The molecule has 2 fully saturated rings. The van der Waals surface area contributed by atoms with E-state index in [0.29, 0.717) is 36.3 Å². The lowest BCUT2D eigenvalue weighted by Gasteiger charge is -2.39. The van der Waals surface area contributed by atoms with Gasteiger partial charge in [0, 0.05) is 44.8 Å². The number of likely N-dealkylation sites (tertiary alicyclic amines) is 1. The molecule has 0 aliphatic carbocycles. The molecule has 3 rings (SSSR count). The largest absolute Gasteiger partial charge is 0.444 e. The highest BCUT2D eigenvalue weighted by Gasteiger charge is 2.46. The molecule has 0 N–H and O–H groups in total. The lowest BCUT2D eigenvalue weighted by Crippen LogP contribution is -2.54. The number of ether oxygens (including phenoxy) is 2. The second kappa shape index (κ2) is 10.9. The molecule has 198 valence electrons. The van der Waals surface area contributed by atoms with Gasteiger partial charge in [-0.3, -0.25) is 10.1 Å². The summed E-state index contributed by atoms with van der Waals surface area (Å²) in [6, 6.07) is 4.99. The van der Waals surface area contributed by atoms with Crippen molar-refractivity contribution in [2.75, 3.05) is 37.7 Å². The second-order valence-corrected chi connectivity index (χ2v) is 10.5. The van der Waals surface area contributed by atoms with E-state index in [4.69, 9.17) is 9.47 Å². The van der Waals surface area contributed by atoms with Crippen LogP contribution >= 0.6 is 0 Å². The number of halogens is 2. The average Bonchev–Trinajstić information content (AvgIpc) is 2.78. The van der Waals surface area contributed by atoms with Crippen LogP contribution in [-0.2, 0) is 9.47 Å². The number of non-ortho nitro benzene ring substituents is 1. The second-order valence-electron chi connectivity index (χ2n) is 10.5. The smallest absolute Gasteiger partial charge is 0.410 e. The van der Waals surface area contributed by atoms with Gasteiger partial charge >= 0.3 is 6.09 Å². The number of anilines is 1. The number of piperidine rings is 2. The van der Waals surface area contributed by atoms with Gasteiger partial charge in [-0.05, 0) is 58.4 Å². The molecule has 0 spiro atoms. The zero-order chi connectivity index (χ0) is 26.7. The third-order valence-electron chi connectivity index (χ3n) is 6.65. The van der Waals surface area contributed by atoms with Crippen LogP contribution < -0.4 is 4.90 Å². The van der Waals surface area contributed by atoms with Gasteiger partial charge in [0.05, 0.1) is 22.7 Å². The molecule has 1 aromatic rings. The topological polar surface area (TPSA) is 109 Å². The Bertz CT molecular complexity index is 1010. The Morgan fingerprint density at radius 1 is 1.28 bits per heavy atom. The van der Waals surface area contributed by atoms with Crippen LogP contribution in [0.1, 0.15) is 57.6 Å². The van der Waals surface area contributed by atoms with E-state index < -0.39 is 35.1 Å². The standard InChI is InChI=1S/C25H34F2N4O5/c1-17-13-19(31(33)34)14-21(20(17)15-28)29-9-5-18(6-10-29)7-12-35-22-16-30(11-8-25(22,26)27)23(32)36-24(2,3)4/h13-14,18,22H,5-12,16H2,1-4H3. The summed E-state index contributed by atoms with van der Waals surface area (Å²) in [4.78, 5) is 26.4. The molecule has 9 nitrogen and oxygen atoms in total. The van der Waals surface area contributed by atoms with Gasteiger partial charge in [0.2, 0.25) is 0 Å². The summed E-state index contributed by atoms with van der Waals surface area (Å²) in [7, 11) is 0. The van der Waals surface area contributed by atoms with Crippen molar-refractivity contribution in [2.24, 2.45) is 5.92 Å². The van der Waals surface area contributed by atoms with Crippen LogP contribution in [0.15, 0.2) is 12.1 Å². The number of alkyl halides is 2. The molecule has 11 heteroatoms. The van der Waals surface area contributed by atoms with E-state index in [1.165, 1.54) is 17.0 Å². The van der Waals surface area contributed by atoms with Crippen LogP contribution in [0.25, 0.3) is 0 Å². The number of hydrogen-bond donors (Lipinski definition) is 0. The van der Waals surface area contributed by atoms with Crippen molar-refractivity contribution in [1.29, 1.82) is 5.26 Å². The van der Waals surface area contributed by atoms with Crippen LogP contribution in [0.5, 0.6) is 0 Å². The maximum atomic E-state index is 14.5. The van der Waals surface area contributed by atoms with Crippen LogP contribution in [-0.4, -0.2) is 66.3 Å². The summed E-state index contributed by atoms with van der Waals surface area (Å²) >= 11 is 0. The van der Waals surface area contributed by atoms with E-state index in [1.807, 2.05) is 4.90 Å². The van der Waals surface area contributed by atoms with Crippen molar-refractivity contribution < 1.29 is 28.0 Å². The van der Waals surface area contributed by atoms with Gasteiger partial charge in [0.1, 0.15) is 17.8 Å². The van der Waals surface area contributed by atoms with Gasteiger partial charge in [-0.15, -0.1) is 0 Å². The molecular formula is C25H34F2N4O5. The van der Waals surface area contributed by atoms with Crippen molar-refractivity contribution >= 4 is 17.5 Å². The minimum atomic E-state index is -3.02. The highest BCUT2D eigenvalue weighted by atomic mass is 19.3. The van der Waals surface area contributed by atoms with E-state index >= 15 is 0 Å². The summed E-state index contributed by atoms with van der Waals surface area (Å²) in [6.07, 6.45) is -0.385. The molecule has 36 heavy (non-hydrogen) atoms. The van der Waals surface area contributed by atoms with Crippen molar-refractivity contribution in [1.82, 2.24) is 4.90 Å². The minimum Gasteiger partial charge on any atom is -0.444 e. The Morgan fingerprint density at radius 2 is 1.94 bits per heavy atom. The first-order chi connectivity index (χ1) is 16.8. The van der Waals surface area contributed by atoms with Gasteiger partial charge in [-0.25, -0.2) is 13.6 Å². The summed E-state index contributed by atoms with van der Waals surface area (Å²) < 4.78 is 39.8. The highest BCUT2D eigenvalue weighted by Crippen LogP contribution is 2.34. The van der Waals surface area contributed by atoms with E-state index in [0.717, 1.165) is 12.8 Å². The molecule has 2 heterocycles. The van der Waals surface area contributed by atoms with E-state index in [-0.39, 0.29) is 31.3 Å². The number of benzene rings is 1. The molecule has 2 saturated heterocycles. The Labute approximate surface area is 210 Å². The van der Waals surface area contributed by atoms with Gasteiger partial charge in [-0.1, -0.05) is 0 Å². The quantitative estimate of drug-likeness (QED) is 0.391. The maximum absolute atomic E-state index is 14.5. The Kier molecular flexibility index (Phi) is 8.39.